The molecule has 1 fully saturated rings. The first-order chi connectivity index (χ1) is 7.08. The van der Waals surface area contributed by atoms with Crippen LogP contribution in [0, 0.1) is 0 Å². The van der Waals surface area contributed by atoms with Crippen LogP contribution >= 0.6 is 7.75 Å². The van der Waals surface area contributed by atoms with Gasteiger partial charge in [0.15, 0.2) is 0 Å². The fourth-order valence-corrected chi connectivity index (χ4v) is 2.32. The van der Waals surface area contributed by atoms with Gasteiger partial charge in [0, 0.05) is 6.54 Å². The van der Waals surface area contributed by atoms with Gasteiger partial charge in [0.05, 0.1) is 6.61 Å². The van der Waals surface area contributed by atoms with Crippen LogP contribution in [0.3, 0.4) is 0 Å². The highest BCUT2D eigenvalue weighted by atomic mass is 31.2. The van der Waals surface area contributed by atoms with Gasteiger partial charge in [-0.25, -0.2) is 9.24 Å². The normalized spacial score (nSPS) is 28.6. The minimum atomic E-state index is -5.73. The average molecular weight is 269 g/mol. The van der Waals surface area contributed by atoms with E-state index in [2.05, 4.69) is 9.05 Å². The van der Waals surface area contributed by atoms with Gasteiger partial charge in [-0.15, -0.1) is 0 Å². The molecule has 0 amide bonds. The first-order valence-corrected chi connectivity index (χ1v) is 5.63. The first kappa shape index (κ1) is 13.8. The fourth-order valence-electron chi connectivity index (χ4n) is 0.890. The fraction of sp³-hybridized carbons (Fsp3) is 1.00. The van der Waals surface area contributed by atoms with E-state index >= 15 is 0 Å². The van der Waals surface area contributed by atoms with Crippen molar-refractivity contribution < 1.29 is 35.6 Å². The van der Waals surface area contributed by atoms with Crippen molar-refractivity contribution in [3.05, 3.63) is 0 Å². The number of nitrogens with zero attached hydrogens (tertiary/aromatic N) is 1. The second kappa shape index (κ2) is 4.21. The Balaban J connectivity index is 2.61. The average Bonchev–Trinajstić information content (AvgIpc) is 2.43. The lowest BCUT2D eigenvalue weighted by atomic mass is 10.3. The topological polar surface area (TPSA) is 38.8 Å². The standard InChI is InChI=1S/C6H9F5NO3P/c1-12-2-3-14-16(12,13)15-4-5(7,8)6(9,10)11/h2-4H2,1H3. The molecule has 96 valence electrons. The van der Waals surface area contributed by atoms with E-state index in [0.717, 1.165) is 4.67 Å². The van der Waals surface area contributed by atoms with Crippen LogP contribution in [0.25, 0.3) is 0 Å². The summed E-state index contributed by atoms with van der Waals surface area (Å²) in [7, 11) is -2.72. The SMILES string of the molecule is CN1CCOP1(=O)OCC(F)(F)C(F)(F)F. The molecule has 1 unspecified atom stereocenters. The van der Waals surface area contributed by atoms with Gasteiger partial charge in [0.1, 0.15) is 6.61 Å². The maximum absolute atomic E-state index is 12.4. The zero-order valence-electron chi connectivity index (χ0n) is 8.13. The molecule has 0 N–H and O–H groups in total. The molecule has 0 aromatic rings. The molecule has 1 saturated heterocycles. The van der Waals surface area contributed by atoms with E-state index in [9.17, 15) is 26.5 Å². The molecule has 0 aromatic heterocycles. The highest BCUT2D eigenvalue weighted by Crippen LogP contribution is 2.55. The van der Waals surface area contributed by atoms with Crippen molar-refractivity contribution in [3.63, 3.8) is 0 Å². The number of halogens is 5. The summed E-state index contributed by atoms with van der Waals surface area (Å²) in [5, 5.41) is 0. The van der Waals surface area contributed by atoms with Gasteiger partial charge in [-0.1, -0.05) is 0 Å². The third kappa shape index (κ3) is 2.71. The number of likely N-dealkylation sites (N-methyl/N-ethyl adjacent to an activating group) is 1. The zero-order chi connectivity index (χ0) is 12.6. The summed E-state index contributed by atoms with van der Waals surface area (Å²) in [6, 6.07) is 0. The van der Waals surface area contributed by atoms with Crippen molar-refractivity contribution in [1.82, 2.24) is 4.67 Å². The lowest BCUT2D eigenvalue weighted by Crippen LogP contribution is -2.40. The van der Waals surface area contributed by atoms with E-state index in [-0.39, 0.29) is 13.2 Å². The second-order valence-corrected chi connectivity index (χ2v) is 5.30. The van der Waals surface area contributed by atoms with Gasteiger partial charge < -0.3 is 0 Å². The van der Waals surface area contributed by atoms with Crippen LogP contribution in [0.15, 0.2) is 0 Å². The van der Waals surface area contributed by atoms with Crippen LogP contribution in [0.1, 0.15) is 0 Å². The van der Waals surface area contributed by atoms with E-state index in [4.69, 9.17) is 0 Å². The molecule has 1 atom stereocenters. The minimum Gasteiger partial charge on any atom is -0.295 e. The molecule has 0 saturated carbocycles. The molecule has 0 aromatic carbocycles. The summed E-state index contributed by atoms with van der Waals surface area (Å²) in [6.45, 7) is -1.90. The Morgan fingerprint density at radius 2 is 1.94 bits per heavy atom. The quantitative estimate of drug-likeness (QED) is 0.582. The lowest BCUT2D eigenvalue weighted by Gasteiger charge is -2.23. The van der Waals surface area contributed by atoms with Gasteiger partial charge in [-0.2, -0.15) is 22.0 Å². The van der Waals surface area contributed by atoms with Gasteiger partial charge in [-0.3, -0.25) is 9.05 Å². The second-order valence-electron chi connectivity index (χ2n) is 3.16. The third-order valence-electron chi connectivity index (χ3n) is 1.91. The lowest BCUT2D eigenvalue weighted by molar-refractivity contribution is -0.290. The Kier molecular flexibility index (Phi) is 3.64. The van der Waals surface area contributed by atoms with E-state index in [1.807, 2.05) is 0 Å². The first-order valence-electron chi connectivity index (χ1n) is 4.14. The van der Waals surface area contributed by atoms with Crippen molar-refractivity contribution in [2.45, 2.75) is 12.1 Å². The summed E-state index contributed by atoms with van der Waals surface area (Å²) in [4.78, 5) is 0. The van der Waals surface area contributed by atoms with Crippen LogP contribution in [0.5, 0.6) is 0 Å². The summed E-state index contributed by atoms with van der Waals surface area (Å²) in [5.41, 5.74) is 0. The van der Waals surface area contributed by atoms with Gasteiger partial charge in [0.25, 0.3) is 0 Å². The molecule has 1 aliphatic rings. The Morgan fingerprint density at radius 1 is 1.38 bits per heavy atom. The van der Waals surface area contributed by atoms with Crippen molar-refractivity contribution in [2.24, 2.45) is 0 Å². The van der Waals surface area contributed by atoms with E-state index < -0.39 is 26.5 Å². The molecule has 0 bridgehead atoms. The van der Waals surface area contributed by atoms with E-state index in [0.29, 0.717) is 0 Å². The molecular weight excluding hydrogens is 260 g/mol. The maximum atomic E-state index is 12.4. The Bertz CT molecular complexity index is 307. The molecule has 1 aliphatic heterocycles. The van der Waals surface area contributed by atoms with E-state index in [1.165, 1.54) is 7.05 Å². The molecule has 0 spiro atoms. The number of rotatable bonds is 3. The van der Waals surface area contributed by atoms with Crippen LogP contribution < -0.4 is 0 Å². The number of hydrogen-bond donors (Lipinski definition) is 0. The molecule has 1 rings (SSSR count). The molecule has 16 heavy (non-hydrogen) atoms. The van der Waals surface area contributed by atoms with Crippen molar-refractivity contribution in [1.29, 1.82) is 0 Å². The zero-order valence-corrected chi connectivity index (χ0v) is 9.02. The van der Waals surface area contributed by atoms with Crippen LogP contribution in [0.4, 0.5) is 22.0 Å². The third-order valence-corrected chi connectivity index (χ3v) is 3.91. The summed E-state index contributed by atoms with van der Waals surface area (Å²) < 4.78 is 81.2. The predicted octanol–water partition coefficient (Wildman–Crippen LogP) is 2.27. The summed E-state index contributed by atoms with van der Waals surface area (Å²) >= 11 is 0. The van der Waals surface area contributed by atoms with Crippen molar-refractivity contribution >= 4 is 7.75 Å². The smallest absolute Gasteiger partial charge is 0.295 e. The maximum Gasteiger partial charge on any atom is 0.455 e. The van der Waals surface area contributed by atoms with Crippen LogP contribution in [0.2, 0.25) is 0 Å². The molecule has 0 aliphatic carbocycles. The van der Waals surface area contributed by atoms with Gasteiger partial charge in [-0.05, 0) is 7.05 Å². The highest BCUT2D eigenvalue weighted by molar-refractivity contribution is 7.51. The molecule has 10 heteroatoms. The summed E-state index contributed by atoms with van der Waals surface area (Å²) in [6.07, 6.45) is -5.73. The molecule has 1 heterocycles. The Hall–Kier alpha value is -0.240. The Labute approximate surface area is 87.9 Å². The van der Waals surface area contributed by atoms with Crippen LogP contribution in [-0.2, 0) is 13.6 Å². The minimum absolute atomic E-state index is 0.0363. The number of alkyl halides is 5. The molecule has 4 nitrogen and oxygen atoms in total. The van der Waals surface area contributed by atoms with E-state index in [1.54, 1.807) is 0 Å². The monoisotopic (exact) mass is 269 g/mol. The van der Waals surface area contributed by atoms with Gasteiger partial charge >= 0.3 is 19.8 Å². The van der Waals surface area contributed by atoms with Crippen LogP contribution in [-0.4, -0.2) is 43.6 Å². The Morgan fingerprint density at radius 3 is 2.31 bits per heavy atom. The largest absolute Gasteiger partial charge is 0.455 e. The molecule has 0 radical (unpaired) electrons. The predicted molar refractivity (Wildman–Crippen MR) is 43.1 cm³/mol. The highest BCUT2D eigenvalue weighted by Gasteiger charge is 2.59. The van der Waals surface area contributed by atoms with Crippen molar-refractivity contribution in [3.8, 4) is 0 Å². The van der Waals surface area contributed by atoms with Gasteiger partial charge in [0.2, 0.25) is 0 Å². The number of hydrogen-bond acceptors (Lipinski definition) is 3. The van der Waals surface area contributed by atoms with Crippen molar-refractivity contribution in [2.75, 3.05) is 26.8 Å². The molecular formula is C6H9F5NO3P. The summed E-state index contributed by atoms with van der Waals surface area (Å²) in [5.74, 6) is -5.04.